The quantitative estimate of drug-likeness (QED) is 0.904. The van der Waals surface area contributed by atoms with Gasteiger partial charge < -0.3 is 10.6 Å². The summed E-state index contributed by atoms with van der Waals surface area (Å²) in [5, 5.41) is 6.23. The second-order valence-corrected chi connectivity index (χ2v) is 5.43. The van der Waals surface area contributed by atoms with Crippen LogP contribution in [0.1, 0.15) is 18.4 Å². The van der Waals surface area contributed by atoms with Crippen molar-refractivity contribution < 1.29 is 4.79 Å². The van der Waals surface area contributed by atoms with Crippen LogP contribution in [0.25, 0.3) is 11.1 Å². The van der Waals surface area contributed by atoms with E-state index in [1.165, 1.54) is 16.7 Å². The molecule has 3 rings (SSSR count). The first kappa shape index (κ1) is 13.8. The van der Waals surface area contributed by atoms with Crippen molar-refractivity contribution >= 4 is 5.91 Å². The summed E-state index contributed by atoms with van der Waals surface area (Å²) in [5.41, 5.74) is 3.64. The summed E-state index contributed by atoms with van der Waals surface area (Å²) in [6, 6.07) is 18.8. The highest BCUT2D eigenvalue weighted by Crippen LogP contribution is 2.19. The Bertz CT molecular complexity index is 592. The molecule has 1 amide bonds. The Labute approximate surface area is 125 Å². The fourth-order valence-electron chi connectivity index (χ4n) is 2.65. The van der Waals surface area contributed by atoms with Crippen molar-refractivity contribution in [3.05, 3.63) is 60.2 Å². The molecule has 1 heterocycles. The fraction of sp³-hybridized carbons (Fsp3) is 0.278. The number of hydrogen-bond donors (Lipinski definition) is 2. The van der Waals surface area contributed by atoms with Crippen LogP contribution in [-0.4, -0.2) is 18.5 Å². The van der Waals surface area contributed by atoms with Gasteiger partial charge in [0, 0.05) is 13.1 Å². The topological polar surface area (TPSA) is 41.1 Å². The monoisotopic (exact) mass is 280 g/mol. The molecule has 1 saturated heterocycles. The van der Waals surface area contributed by atoms with Gasteiger partial charge in [0.05, 0.1) is 6.04 Å². The maximum Gasteiger partial charge on any atom is 0.237 e. The van der Waals surface area contributed by atoms with Crippen LogP contribution >= 0.6 is 0 Å². The summed E-state index contributed by atoms with van der Waals surface area (Å²) in [4.78, 5) is 11.7. The van der Waals surface area contributed by atoms with Crippen molar-refractivity contribution in [2.45, 2.75) is 25.4 Å². The molecule has 108 valence electrons. The summed E-state index contributed by atoms with van der Waals surface area (Å²) >= 11 is 0. The van der Waals surface area contributed by atoms with E-state index >= 15 is 0 Å². The van der Waals surface area contributed by atoms with Gasteiger partial charge in [-0.15, -0.1) is 0 Å². The third-order valence-electron chi connectivity index (χ3n) is 3.90. The summed E-state index contributed by atoms with van der Waals surface area (Å²) in [6.45, 7) is 1.54. The first-order valence-electron chi connectivity index (χ1n) is 7.48. The normalized spacial score (nSPS) is 18.3. The molecule has 2 N–H and O–H groups in total. The minimum atomic E-state index is -0.0486. The zero-order valence-electron chi connectivity index (χ0n) is 12.0. The Morgan fingerprint density at radius 2 is 1.71 bits per heavy atom. The zero-order chi connectivity index (χ0) is 14.5. The van der Waals surface area contributed by atoms with Crippen molar-refractivity contribution in [3.63, 3.8) is 0 Å². The summed E-state index contributed by atoms with van der Waals surface area (Å²) in [7, 11) is 0. The summed E-state index contributed by atoms with van der Waals surface area (Å²) in [6.07, 6.45) is 1.98. The van der Waals surface area contributed by atoms with Crippen LogP contribution in [0.15, 0.2) is 54.6 Å². The molecule has 1 aliphatic heterocycles. The standard InChI is InChI=1S/C18H20N2O/c21-18-17(7-4-12-19-18)20-13-14-8-10-16(11-9-14)15-5-2-1-3-6-15/h1-3,5-6,8-11,17,20H,4,7,12-13H2,(H,19,21). The molecular formula is C18H20N2O. The van der Waals surface area contributed by atoms with Crippen LogP contribution in [0.4, 0.5) is 0 Å². The van der Waals surface area contributed by atoms with Gasteiger partial charge in [0.2, 0.25) is 5.91 Å². The van der Waals surface area contributed by atoms with Crippen molar-refractivity contribution in [2.24, 2.45) is 0 Å². The molecule has 0 spiro atoms. The number of amides is 1. The highest BCUT2D eigenvalue weighted by atomic mass is 16.2. The number of rotatable bonds is 4. The predicted molar refractivity (Wildman–Crippen MR) is 84.7 cm³/mol. The molecule has 2 aromatic rings. The lowest BCUT2D eigenvalue weighted by molar-refractivity contribution is -0.124. The highest BCUT2D eigenvalue weighted by Gasteiger charge is 2.20. The molecule has 0 saturated carbocycles. The predicted octanol–water partition coefficient (Wildman–Crippen LogP) is 2.72. The molecule has 2 aromatic carbocycles. The Balaban J connectivity index is 1.61. The van der Waals surface area contributed by atoms with E-state index in [1.54, 1.807) is 0 Å². The van der Waals surface area contributed by atoms with E-state index in [0.717, 1.165) is 25.9 Å². The van der Waals surface area contributed by atoms with Gasteiger partial charge in [-0.3, -0.25) is 4.79 Å². The highest BCUT2D eigenvalue weighted by molar-refractivity contribution is 5.82. The van der Waals surface area contributed by atoms with E-state index < -0.39 is 0 Å². The molecule has 0 aliphatic carbocycles. The van der Waals surface area contributed by atoms with Crippen LogP contribution in [0.5, 0.6) is 0 Å². The van der Waals surface area contributed by atoms with E-state index in [2.05, 4.69) is 47.0 Å². The third kappa shape index (κ3) is 3.50. The smallest absolute Gasteiger partial charge is 0.237 e. The van der Waals surface area contributed by atoms with Crippen molar-refractivity contribution in [2.75, 3.05) is 6.54 Å². The van der Waals surface area contributed by atoms with Crippen LogP contribution in [0, 0.1) is 0 Å². The zero-order valence-corrected chi connectivity index (χ0v) is 12.0. The second kappa shape index (κ2) is 6.55. The van der Waals surface area contributed by atoms with E-state index in [4.69, 9.17) is 0 Å². The molecule has 0 aromatic heterocycles. The van der Waals surface area contributed by atoms with Gasteiger partial charge in [-0.1, -0.05) is 54.6 Å². The first-order chi connectivity index (χ1) is 10.3. The maximum atomic E-state index is 11.7. The molecule has 0 radical (unpaired) electrons. The molecule has 21 heavy (non-hydrogen) atoms. The number of piperidine rings is 1. The van der Waals surface area contributed by atoms with Crippen LogP contribution in [-0.2, 0) is 11.3 Å². The van der Waals surface area contributed by atoms with Gasteiger partial charge in [0.15, 0.2) is 0 Å². The molecule has 1 atom stereocenters. The van der Waals surface area contributed by atoms with Gasteiger partial charge in [-0.2, -0.15) is 0 Å². The molecule has 3 heteroatoms. The van der Waals surface area contributed by atoms with Crippen molar-refractivity contribution in [3.8, 4) is 11.1 Å². The lowest BCUT2D eigenvalue weighted by atomic mass is 10.0. The van der Waals surface area contributed by atoms with Gasteiger partial charge in [0.1, 0.15) is 0 Å². The Morgan fingerprint density at radius 1 is 1.00 bits per heavy atom. The average molecular weight is 280 g/mol. The SMILES string of the molecule is O=C1NCCCC1NCc1ccc(-c2ccccc2)cc1. The Morgan fingerprint density at radius 3 is 2.43 bits per heavy atom. The Hall–Kier alpha value is -2.13. The minimum absolute atomic E-state index is 0.0486. The molecular weight excluding hydrogens is 260 g/mol. The average Bonchev–Trinajstić information content (AvgIpc) is 2.55. The van der Waals surface area contributed by atoms with Gasteiger partial charge in [-0.25, -0.2) is 0 Å². The minimum Gasteiger partial charge on any atom is -0.355 e. The second-order valence-electron chi connectivity index (χ2n) is 5.43. The number of benzene rings is 2. The summed E-state index contributed by atoms with van der Waals surface area (Å²) in [5.74, 6) is 0.127. The first-order valence-corrected chi connectivity index (χ1v) is 7.48. The number of carbonyl (C=O) groups excluding carboxylic acids is 1. The number of hydrogen-bond acceptors (Lipinski definition) is 2. The lowest BCUT2D eigenvalue weighted by Gasteiger charge is -2.22. The van der Waals surface area contributed by atoms with Gasteiger partial charge in [-0.05, 0) is 29.5 Å². The van der Waals surface area contributed by atoms with E-state index in [-0.39, 0.29) is 11.9 Å². The molecule has 1 unspecified atom stereocenters. The molecule has 1 aliphatic rings. The van der Waals surface area contributed by atoms with Crippen molar-refractivity contribution in [1.29, 1.82) is 0 Å². The molecule has 1 fully saturated rings. The number of nitrogens with one attached hydrogen (secondary N) is 2. The van der Waals surface area contributed by atoms with Crippen LogP contribution in [0.2, 0.25) is 0 Å². The van der Waals surface area contributed by atoms with E-state index in [9.17, 15) is 4.79 Å². The van der Waals surface area contributed by atoms with Crippen molar-refractivity contribution in [1.82, 2.24) is 10.6 Å². The van der Waals surface area contributed by atoms with E-state index in [1.807, 2.05) is 18.2 Å². The largest absolute Gasteiger partial charge is 0.355 e. The number of carbonyl (C=O) groups is 1. The third-order valence-corrected chi connectivity index (χ3v) is 3.90. The summed E-state index contributed by atoms with van der Waals surface area (Å²) < 4.78 is 0. The van der Waals surface area contributed by atoms with E-state index in [0.29, 0.717) is 0 Å². The van der Waals surface area contributed by atoms with Gasteiger partial charge in [0.25, 0.3) is 0 Å². The molecule has 0 bridgehead atoms. The Kier molecular flexibility index (Phi) is 4.31. The molecule has 3 nitrogen and oxygen atoms in total. The van der Waals surface area contributed by atoms with Crippen LogP contribution < -0.4 is 10.6 Å². The fourth-order valence-corrected chi connectivity index (χ4v) is 2.65. The van der Waals surface area contributed by atoms with Crippen LogP contribution in [0.3, 0.4) is 0 Å². The van der Waals surface area contributed by atoms with Gasteiger partial charge >= 0.3 is 0 Å². The maximum absolute atomic E-state index is 11.7. The lowest BCUT2D eigenvalue weighted by Crippen LogP contribution is -2.47.